The summed E-state index contributed by atoms with van der Waals surface area (Å²) in [6.07, 6.45) is 6.57. The lowest BCUT2D eigenvalue weighted by Gasteiger charge is -2.36. The van der Waals surface area contributed by atoms with Gasteiger partial charge in [0.1, 0.15) is 0 Å². The molecule has 3 rings (SSSR count). The Hall–Kier alpha value is -1.84. The normalized spacial score (nSPS) is 19.7. The average molecular weight is 300 g/mol. The molecular weight excluding hydrogens is 276 g/mol. The van der Waals surface area contributed by atoms with Gasteiger partial charge in [0.05, 0.1) is 0 Å². The molecule has 2 aliphatic rings. The Kier molecular flexibility index (Phi) is 4.46. The summed E-state index contributed by atoms with van der Waals surface area (Å²) in [5.41, 5.74) is 7.06. The number of rotatable bonds is 4. The molecule has 0 radical (unpaired) electrons. The lowest BCUT2D eigenvalue weighted by atomic mass is 9.83. The average Bonchev–Trinajstić information content (AvgIpc) is 2.46. The lowest BCUT2D eigenvalue weighted by Crippen LogP contribution is -2.43. The first kappa shape index (κ1) is 15.1. The molecule has 22 heavy (non-hydrogen) atoms. The smallest absolute Gasteiger partial charge is 0.248 e. The number of hydrogen-bond donors (Lipinski definition) is 1. The van der Waals surface area contributed by atoms with Gasteiger partial charge in [-0.1, -0.05) is 18.6 Å². The first-order valence-corrected chi connectivity index (χ1v) is 8.31. The quantitative estimate of drug-likeness (QED) is 0.928. The summed E-state index contributed by atoms with van der Waals surface area (Å²) in [7, 11) is 0. The fourth-order valence-corrected chi connectivity index (χ4v) is 3.41. The molecule has 1 saturated heterocycles. The highest BCUT2D eigenvalue weighted by Gasteiger charge is 2.31. The van der Waals surface area contributed by atoms with Crippen LogP contribution >= 0.6 is 0 Å². The second-order valence-electron chi connectivity index (χ2n) is 6.66. The van der Waals surface area contributed by atoms with Crippen LogP contribution in [0.25, 0.3) is 0 Å². The van der Waals surface area contributed by atoms with Crippen molar-refractivity contribution in [1.82, 2.24) is 4.90 Å². The van der Waals surface area contributed by atoms with Gasteiger partial charge in [-0.3, -0.25) is 9.59 Å². The second-order valence-corrected chi connectivity index (χ2v) is 6.66. The number of nitrogens with zero attached hydrogens (tertiary/aromatic N) is 1. The topological polar surface area (TPSA) is 63.4 Å². The van der Waals surface area contributed by atoms with Crippen LogP contribution in [-0.2, 0) is 11.2 Å². The van der Waals surface area contributed by atoms with Crippen molar-refractivity contribution < 1.29 is 9.59 Å². The van der Waals surface area contributed by atoms with Gasteiger partial charge in [0, 0.05) is 24.6 Å². The minimum atomic E-state index is -0.380. The zero-order valence-corrected chi connectivity index (χ0v) is 13.0. The number of likely N-dealkylation sites (tertiary alicyclic amines) is 1. The Bertz CT molecular complexity index is 541. The molecule has 4 heteroatoms. The van der Waals surface area contributed by atoms with E-state index >= 15 is 0 Å². The van der Waals surface area contributed by atoms with E-state index in [4.69, 9.17) is 5.73 Å². The molecule has 2 amide bonds. The highest BCUT2D eigenvalue weighted by atomic mass is 16.2. The highest BCUT2D eigenvalue weighted by molar-refractivity contribution is 5.92. The second kappa shape index (κ2) is 6.51. The SMILES string of the molecule is NC(=O)c1ccc(CC2CCN(C(=O)C3CCC3)CC2)cc1. The molecule has 2 fully saturated rings. The first-order chi connectivity index (χ1) is 10.6. The van der Waals surface area contributed by atoms with E-state index in [0.717, 1.165) is 45.2 Å². The fraction of sp³-hybridized carbons (Fsp3) is 0.556. The van der Waals surface area contributed by atoms with Crippen molar-refractivity contribution in [2.24, 2.45) is 17.6 Å². The van der Waals surface area contributed by atoms with Crippen LogP contribution in [0.1, 0.15) is 48.0 Å². The number of carbonyl (C=O) groups is 2. The Balaban J connectivity index is 1.49. The largest absolute Gasteiger partial charge is 0.366 e. The molecule has 1 aliphatic heterocycles. The van der Waals surface area contributed by atoms with Gasteiger partial charge < -0.3 is 10.6 Å². The molecular formula is C18H24N2O2. The number of carbonyl (C=O) groups excluding carboxylic acids is 2. The molecule has 0 atom stereocenters. The Morgan fingerprint density at radius 1 is 1.05 bits per heavy atom. The van der Waals surface area contributed by atoms with Crippen LogP contribution in [0.3, 0.4) is 0 Å². The zero-order chi connectivity index (χ0) is 15.5. The summed E-state index contributed by atoms with van der Waals surface area (Å²) in [5.74, 6) is 0.952. The van der Waals surface area contributed by atoms with Crippen molar-refractivity contribution in [2.75, 3.05) is 13.1 Å². The van der Waals surface area contributed by atoms with E-state index in [0.29, 0.717) is 23.3 Å². The van der Waals surface area contributed by atoms with Crippen molar-refractivity contribution in [3.63, 3.8) is 0 Å². The van der Waals surface area contributed by atoms with Gasteiger partial charge in [0.25, 0.3) is 0 Å². The number of hydrogen-bond acceptors (Lipinski definition) is 2. The maximum absolute atomic E-state index is 12.2. The zero-order valence-electron chi connectivity index (χ0n) is 13.0. The Labute approximate surface area is 131 Å². The maximum Gasteiger partial charge on any atom is 0.248 e. The minimum absolute atomic E-state index is 0.317. The number of primary amides is 1. The van der Waals surface area contributed by atoms with Gasteiger partial charge in [-0.2, -0.15) is 0 Å². The summed E-state index contributed by atoms with van der Waals surface area (Å²) >= 11 is 0. The molecule has 0 bridgehead atoms. The van der Waals surface area contributed by atoms with Crippen LogP contribution in [-0.4, -0.2) is 29.8 Å². The van der Waals surface area contributed by atoms with Crippen molar-refractivity contribution in [1.29, 1.82) is 0 Å². The maximum atomic E-state index is 12.2. The van der Waals surface area contributed by atoms with E-state index in [1.807, 2.05) is 12.1 Å². The molecule has 1 saturated carbocycles. The minimum Gasteiger partial charge on any atom is -0.366 e. The predicted molar refractivity (Wildman–Crippen MR) is 85.3 cm³/mol. The van der Waals surface area contributed by atoms with Gasteiger partial charge in [-0.05, 0) is 55.7 Å². The number of nitrogens with two attached hydrogens (primary N) is 1. The summed E-state index contributed by atoms with van der Waals surface area (Å²) < 4.78 is 0. The Morgan fingerprint density at radius 2 is 1.68 bits per heavy atom. The van der Waals surface area contributed by atoms with E-state index in [9.17, 15) is 9.59 Å². The summed E-state index contributed by atoms with van der Waals surface area (Å²) in [6, 6.07) is 7.58. The van der Waals surface area contributed by atoms with Crippen LogP contribution in [0, 0.1) is 11.8 Å². The standard InChI is InChI=1S/C18H24N2O2/c19-17(21)15-6-4-13(5-7-15)12-14-8-10-20(11-9-14)18(22)16-2-1-3-16/h4-7,14,16H,1-3,8-12H2,(H2,19,21). The van der Waals surface area contributed by atoms with E-state index in [-0.39, 0.29) is 5.91 Å². The van der Waals surface area contributed by atoms with Crippen LogP contribution in [0.5, 0.6) is 0 Å². The first-order valence-electron chi connectivity index (χ1n) is 8.31. The fourth-order valence-electron chi connectivity index (χ4n) is 3.41. The van der Waals surface area contributed by atoms with Crippen LogP contribution in [0.15, 0.2) is 24.3 Å². The van der Waals surface area contributed by atoms with Gasteiger partial charge in [0.2, 0.25) is 11.8 Å². The van der Waals surface area contributed by atoms with Gasteiger partial charge in [0.15, 0.2) is 0 Å². The Morgan fingerprint density at radius 3 is 2.18 bits per heavy atom. The van der Waals surface area contributed by atoms with Crippen LogP contribution in [0.4, 0.5) is 0 Å². The highest BCUT2D eigenvalue weighted by Crippen LogP contribution is 2.30. The summed E-state index contributed by atoms with van der Waals surface area (Å²) in [6.45, 7) is 1.80. The van der Waals surface area contributed by atoms with Crippen molar-refractivity contribution in [3.05, 3.63) is 35.4 Å². The molecule has 0 unspecified atom stereocenters. The third-order valence-corrected chi connectivity index (χ3v) is 5.14. The number of piperidine rings is 1. The van der Waals surface area contributed by atoms with Gasteiger partial charge in [-0.25, -0.2) is 0 Å². The molecule has 0 aromatic heterocycles. The molecule has 1 aliphatic carbocycles. The van der Waals surface area contributed by atoms with Crippen LogP contribution < -0.4 is 5.73 Å². The third kappa shape index (κ3) is 3.32. The molecule has 1 aromatic carbocycles. The van der Waals surface area contributed by atoms with Crippen molar-refractivity contribution in [3.8, 4) is 0 Å². The van der Waals surface area contributed by atoms with E-state index in [1.165, 1.54) is 12.0 Å². The summed E-state index contributed by atoms with van der Waals surface area (Å²) in [5, 5.41) is 0. The molecule has 2 N–H and O–H groups in total. The van der Waals surface area contributed by atoms with Gasteiger partial charge in [-0.15, -0.1) is 0 Å². The van der Waals surface area contributed by atoms with E-state index < -0.39 is 0 Å². The molecule has 0 spiro atoms. The van der Waals surface area contributed by atoms with Crippen molar-refractivity contribution >= 4 is 11.8 Å². The van der Waals surface area contributed by atoms with E-state index in [2.05, 4.69) is 4.90 Å². The molecule has 1 heterocycles. The molecule has 4 nitrogen and oxygen atoms in total. The monoisotopic (exact) mass is 300 g/mol. The van der Waals surface area contributed by atoms with Crippen LogP contribution in [0.2, 0.25) is 0 Å². The number of benzene rings is 1. The summed E-state index contributed by atoms with van der Waals surface area (Å²) in [4.78, 5) is 25.4. The number of amides is 2. The lowest BCUT2D eigenvalue weighted by molar-refractivity contribution is -0.139. The van der Waals surface area contributed by atoms with Gasteiger partial charge >= 0.3 is 0 Å². The third-order valence-electron chi connectivity index (χ3n) is 5.14. The molecule has 118 valence electrons. The predicted octanol–water partition coefficient (Wildman–Crippen LogP) is 2.37. The molecule has 1 aromatic rings. The van der Waals surface area contributed by atoms with Crippen molar-refractivity contribution in [2.45, 2.75) is 38.5 Å². The van der Waals surface area contributed by atoms with E-state index in [1.54, 1.807) is 12.1 Å².